The van der Waals surface area contributed by atoms with Gasteiger partial charge in [0.1, 0.15) is 5.83 Å². The Balaban J connectivity index is 2.11. The van der Waals surface area contributed by atoms with Crippen LogP contribution in [0.1, 0.15) is 10.4 Å². The number of nitrogens with zero attached hydrogens (tertiary/aromatic N) is 1. The van der Waals surface area contributed by atoms with Crippen LogP contribution in [0.3, 0.4) is 0 Å². The molecule has 1 aromatic carbocycles. The molecule has 21 heavy (non-hydrogen) atoms. The summed E-state index contributed by atoms with van der Waals surface area (Å²) in [5, 5.41) is 5.78. The van der Waals surface area contributed by atoms with E-state index < -0.39 is 12.1 Å². The molecule has 0 amide bonds. The number of nitrogens with one attached hydrogen (secondary N) is 1. The van der Waals surface area contributed by atoms with E-state index in [-0.39, 0.29) is 5.57 Å². The van der Waals surface area contributed by atoms with Crippen LogP contribution in [-0.2, 0) is 4.74 Å². The maximum Gasteiger partial charge on any atom is 0.236 e. The summed E-state index contributed by atoms with van der Waals surface area (Å²) in [6.45, 7) is 0. The molecule has 1 unspecified atom stereocenters. The summed E-state index contributed by atoms with van der Waals surface area (Å²) >= 11 is 7.28. The molecule has 1 aromatic heterocycles. The fraction of sp³-hybridized carbons (Fsp3) is 0.0667. The monoisotopic (exact) mass is 320 g/mol. The highest BCUT2D eigenvalue weighted by molar-refractivity contribution is 7.11. The largest absolute Gasteiger partial charge is 0.470 e. The van der Waals surface area contributed by atoms with Gasteiger partial charge in [0, 0.05) is 9.90 Å². The summed E-state index contributed by atoms with van der Waals surface area (Å²) in [5.41, 5.74) is 8.41. The van der Waals surface area contributed by atoms with E-state index in [0.29, 0.717) is 16.2 Å². The number of allylic oxidation sites excluding steroid dienone is 2. The van der Waals surface area contributed by atoms with Crippen LogP contribution in [0.15, 0.2) is 59.0 Å². The van der Waals surface area contributed by atoms with E-state index in [1.165, 1.54) is 17.6 Å². The Hall–Kier alpha value is -1.98. The van der Waals surface area contributed by atoms with E-state index in [2.05, 4.69) is 5.11 Å². The molecule has 6 heteroatoms. The molecule has 3 rings (SSSR count). The van der Waals surface area contributed by atoms with E-state index in [0.717, 1.165) is 4.88 Å². The molecule has 1 aliphatic rings. The molecule has 1 aliphatic heterocycles. The van der Waals surface area contributed by atoms with Crippen LogP contribution in [0.4, 0.5) is 4.39 Å². The van der Waals surface area contributed by atoms with E-state index in [1.54, 1.807) is 24.3 Å². The average molecular weight is 321 g/mol. The van der Waals surface area contributed by atoms with Gasteiger partial charge in [0.15, 0.2) is 0 Å². The van der Waals surface area contributed by atoms with Crippen LogP contribution < -0.4 is 0 Å². The first kappa shape index (κ1) is 14.0. The molecule has 0 radical (unpaired) electrons. The molecule has 0 aliphatic carbocycles. The fourth-order valence-electron chi connectivity index (χ4n) is 2.10. The number of thiophene rings is 1. The van der Waals surface area contributed by atoms with Gasteiger partial charge in [0.25, 0.3) is 0 Å². The van der Waals surface area contributed by atoms with Gasteiger partial charge >= 0.3 is 0 Å². The number of halogens is 2. The Kier molecular flexibility index (Phi) is 3.86. The van der Waals surface area contributed by atoms with Crippen molar-refractivity contribution in [2.24, 2.45) is 5.11 Å². The quantitative estimate of drug-likeness (QED) is 0.744. The second kappa shape index (κ2) is 5.79. The Bertz CT molecular complexity index is 723. The highest BCUT2D eigenvalue weighted by Crippen LogP contribution is 2.39. The Morgan fingerprint density at radius 1 is 1.24 bits per heavy atom. The maximum atomic E-state index is 14.9. The lowest BCUT2D eigenvalue weighted by Crippen LogP contribution is -2.15. The zero-order valence-corrected chi connectivity index (χ0v) is 12.3. The first-order valence-electron chi connectivity index (χ1n) is 6.13. The van der Waals surface area contributed by atoms with Crippen LogP contribution in [0.5, 0.6) is 0 Å². The molecular formula is C15H10ClFN2OS. The van der Waals surface area contributed by atoms with E-state index in [9.17, 15) is 4.39 Å². The zero-order chi connectivity index (χ0) is 14.8. The van der Waals surface area contributed by atoms with E-state index in [4.69, 9.17) is 21.9 Å². The highest BCUT2D eigenvalue weighted by atomic mass is 35.5. The Morgan fingerprint density at radius 2 is 2.00 bits per heavy atom. The summed E-state index contributed by atoms with van der Waals surface area (Å²) in [5.74, 6) is -0.424. The fourth-order valence-corrected chi connectivity index (χ4v) is 2.95. The molecule has 3 nitrogen and oxygen atoms in total. The van der Waals surface area contributed by atoms with Crippen LogP contribution in [0.2, 0.25) is 5.02 Å². The number of ether oxygens (including phenoxy) is 1. The summed E-state index contributed by atoms with van der Waals surface area (Å²) in [7, 11) is 0. The van der Waals surface area contributed by atoms with Gasteiger partial charge in [-0.05, 0) is 29.1 Å². The smallest absolute Gasteiger partial charge is 0.236 e. The topological polar surface area (TPSA) is 45.4 Å². The van der Waals surface area contributed by atoms with Crippen molar-refractivity contribution < 1.29 is 9.13 Å². The minimum atomic E-state index is -0.977. The van der Waals surface area contributed by atoms with Crippen LogP contribution in [0, 0.1) is 5.53 Å². The van der Waals surface area contributed by atoms with Gasteiger partial charge < -0.3 is 4.74 Å². The summed E-state index contributed by atoms with van der Waals surface area (Å²) in [6, 6.07) is 10.4. The van der Waals surface area contributed by atoms with Gasteiger partial charge in [-0.2, -0.15) is 0 Å². The number of hydrogen-bond acceptors (Lipinski definition) is 4. The minimum absolute atomic E-state index is 0.243. The van der Waals surface area contributed by atoms with Crippen LogP contribution >= 0.6 is 22.9 Å². The normalized spacial score (nSPS) is 18.2. The standard InChI is InChI=1S/C15H10ClFN2OS/c16-10-5-3-9(4-6-10)13-14(17)11(8-20-15(13)19-18)12-2-1-7-21-12/h1-8,15,18H. The average Bonchev–Trinajstić information content (AvgIpc) is 3.02. The molecule has 0 bridgehead atoms. The van der Waals surface area contributed by atoms with Crippen LogP contribution in [-0.4, -0.2) is 6.23 Å². The summed E-state index contributed by atoms with van der Waals surface area (Å²) in [4.78, 5) is 0.766. The molecule has 106 valence electrons. The van der Waals surface area contributed by atoms with Gasteiger partial charge in [-0.25, -0.2) is 9.92 Å². The first-order valence-corrected chi connectivity index (χ1v) is 7.38. The van der Waals surface area contributed by atoms with Crippen molar-refractivity contribution in [3.63, 3.8) is 0 Å². The summed E-state index contributed by atoms with van der Waals surface area (Å²) < 4.78 is 20.3. The van der Waals surface area contributed by atoms with Gasteiger partial charge in [-0.1, -0.05) is 29.8 Å². The third kappa shape index (κ3) is 2.62. The summed E-state index contributed by atoms with van der Waals surface area (Å²) in [6.07, 6.45) is 0.346. The maximum absolute atomic E-state index is 14.9. The molecule has 0 fully saturated rings. The number of hydrogen-bond donors (Lipinski definition) is 1. The molecule has 0 spiro atoms. The molecule has 1 N–H and O–H groups in total. The Labute approximate surface area is 129 Å². The van der Waals surface area contributed by atoms with Crippen LogP contribution in [0.25, 0.3) is 11.1 Å². The van der Waals surface area contributed by atoms with E-state index >= 15 is 0 Å². The zero-order valence-electron chi connectivity index (χ0n) is 10.7. The second-order valence-corrected chi connectivity index (χ2v) is 5.75. The van der Waals surface area contributed by atoms with Crippen molar-refractivity contribution in [1.29, 1.82) is 5.53 Å². The van der Waals surface area contributed by atoms with Crippen molar-refractivity contribution in [3.05, 3.63) is 69.3 Å². The molecular weight excluding hydrogens is 311 g/mol. The van der Waals surface area contributed by atoms with Gasteiger partial charge in [0.05, 0.1) is 17.4 Å². The lowest BCUT2D eigenvalue weighted by atomic mass is 9.98. The van der Waals surface area contributed by atoms with E-state index in [1.807, 2.05) is 17.5 Å². The Morgan fingerprint density at radius 3 is 2.62 bits per heavy atom. The second-order valence-electron chi connectivity index (χ2n) is 4.36. The lowest BCUT2D eigenvalue weighted by Gasteiger charge is -2.22. The SMILES string of the molecule is N=NC1OC=C(c2cccs2)C(F)=C1c1ccc(Cl)cc1. The lowest BCUT2D eigenvalue weighted by molar-refractivity contribution is 0.188. The third-order valence-corrected chi connectivity index (χ3v) is 4.25. The first-order chi connectivity index (χ1) is 10.2. The van der Waals surface area contributed by atoms with Crippen molar-refractivity contribution >= 4 is 34.1 Å². The predicted octanol–water partition coefficient (Wildman–Crippen LogP) is 5.51. The third-order valence-electron chi connectivity index (χ3n) is 3.09. The number of benzene rings is 1. The van der Waals surface area contributed by atoms with Crippen molar-refractivity contribution in [1.82, 2.24) is 0 Å². The van der Waals surface area contributed by atoms with Gasteiger partial charge in [0.2, 0.25) is 6.23 Å². The number of rotatable bonds is 3. The molecule has 0 saturated heterocycles. The van der Waals surface area contributed by atoms with Gasteiger partial charge in [-0.3, -0.25) is 0 Å². The van der Waals surface area contributed by atoms with Crippen molar-refractivity contribution in [2.75, 3.05) is 0 Å². The van der Waals surface area contributed by atoms with Crippen molar-refractivity contribution in [3.8, 4) is 0 Å². The predicted molar refractivity (Wildman–Crippen MR) is 81.8 cm³/mol. The highest BCUT2D eigenvalue weighted by Gasteiger charge is 2.28. The molecule has 1 atom stereocenters. The molecule has 2 heterocycles. The minimum Gasteiger partial charge on any atom is -0.470 e. The van der Waals surface area contributed by atoms with Crippen molar-refractivity contribution in [2.45, 2.75) is 6.23 Å². The molecule has 0 saturated carbocycles. The van der Waals surface area contributed by atoms with Gasteiger partial charge in [-0.15, -0.1) is 16.5 Å². The molecule has 2 aromatic rings.